The molecule has 760 valence electrons. The van der Waals surface area contributed by atoms with Crippen molar-refractivity contribution in [2.24, 2.45) is 33.3 Å². The Hall–Kier alpha value is -13.4. The van der Waals surface area contributed by atoms with E-state index in [4.69, 9.17) is 22.6 Å². The lowest BCUT2D eigenvalue weighted by atomic mass is 9.99. The molecule has 1 heterocycles. The van der Waals surface area contributed by atoms with Crippen LogP contribution >= 0.6 is 23.5 Å². The van der Waals surface area contributed by atoms with E-state index in [0.717, 1.165) is 17.4 Å². The monoisotopic (exact) mass is 2000 g/mol. The molecule has 14 amide bonds. The van der Waals surface area contributed by atoms with Crippen LogP contribution in [0, 0.1) is 11.3 Å². The Kier molecular flexibility index (Phi) is 48.5. The normalized spacial score (nSPS) is 14.3. The molecular formula is C95H132N22O20S3. The van der Waals surface area contributed by atoms with Gasteiger partial charge in [-0.3, -0.25) is 81.9 Å². The number of anilines is 2. The molecule has 0 unspecified atom stereocenters. The first-order valence-electron chi connectivity index (χ1n) is 46.3. The molecule has 6 aromatic rings. The number of aliphatic hydroxyl groups is 1. The highest BCUT2D eigenvalue weighted by Crippen LogP contribution is 2.30. The van der Waals surface area contributed by atoms with Gasteiger partial charge in [-0.1, -0.05) is 98.8 Å². The van der Waals surface area contributed by atoms with E-state index in [9.17, 15) is 95.1 Å². The number of thioether (sulfide) groups is 2. The van der Waals surface area contributed by atoms with E-state index < -0.39 is 185 Å². The summed E-state index contributed by atoms with van der Waals surface area (Å²) in [5, 5.41) is 75.7. The summed E-state index contributed by atoms with van der Waals surface area (Å²) in [5.41, 5.74) is 21.0. The summed E-state index contributed by atoms with van der Waals surface area (Å²) in [6.45, 7) is 3.42. The summed E-state index contributed by atoms with van der Waals surface area (Å²) >= 11 is 2.34. The van der Waals surface area contributed by atoms with Crippen LogP contribution in [0.4, 0.5) is 22.7 Å². The molecule has 1 aliphatic rings. The fraction of sp³-hybridized carbons (Fsp3) is 0.474. The van der Waals surface area contributed by atoms with Crippen molar-refractivity contribution in [3.8, 4) is 0 Å². The fourth-order valence-corrected chi connectivity index (χ4v) is 17.2. The number of rotatable bonds is 62. The second-order valence-electron chi connectivity index (χ2n) is 34.2. The minimum absolute atomic E-state index is 0.0196. The van der Waals surface area contributed by atoms with E-state index in [2.05, 4.69) is 84.7 Å². The molecule has 6 aromatic carbocycles. The van der Waals surface area contributed by atoms with Crippen LogP contribution in [0.25, 0.3) is 10.8 Å². The molecule has 45 heteroatoms. The number of hydrogen-bond donors (Lipinski definition) is 21. The first-order valence-corrected chi connectivity index (χ1v) is 50.3. The molecule has 42 nitrogen and oxygen atoms in total. The van der Waals surface area contributed by atoms with Crippen molar-refractivity contribution in [3.63, 3.8) is 0 Å². The summed E-state index contributed by atoms with van der Waals surface area (Å²) in [5.74, 6) is -12.1. The lowest BCUT2D eigenvalue weighted by Crippen LogP contribution is -2.59. The number of primary amides is 1. The highest BCUT2D eigenvalue weighted by molar-refractivity contribution is 8.00. The number of nitrogens with two attached hydrogens (primary N) is 3. The lowest BCUT2D eigenvalue weighted by Gasteiger charge is -2.30. The third-order valence-corrected chi connectivity index (χ3v) is 25.0. The first-order chi connectivity index (χ1) is 66.9. The highest BCUT2D eigenvalue weighted by Gasteiger charge is 2.40. The Bertz CT molecular complexity index is 5310. The van der Waals surface area contributed by atoms with Crippen molar-refractivity contribution in [2.45, 2.75) is 195 Å². The van der Waals surface area contributed by atoms with Gasteiger partial charge in [0.1, 0.15) is 59.3 Å². The number of guanidine groups is 1. The third-order valence-electron chi connectivity index (χ3n) is 22.4. The number of nitrogens with one attached hydrogen (secondary N) is 15. The number of hydrogen-bond acceptors (Lipinski definition) is 26. The van der Waals surface area contributed by atoms with Gasteiger partial charge in [-0.05, 0) is 173 Å². The van der Waals surface area contributed by atoms with Gasteiger partial charge in [0.05, 0.1) is 23.7 Å². The van der Waals surface area contributed by atoms with Crippen LogP contribution < -0.4 is 96.5 Å². The molecule has 0 aliphatic carbocycles. The Morgan fingerprint density at radius 1 is 0.529 bits per heavy atom. The number of carboxylic acid groups (broad SMARTS) is 1. The van der Waals surface area contributed by atoms with Gasteiger partial charge in [0.15, 0.2) is 5.96 Å². The number of nitrogens with zero attached hydrogens (tertiary/aromatic N) is 4. The zero-order valence-corrected chi connectivity index (χ0v) is 81.7. The summed E-state index contributed by atoms with van der Waals surface area (Å²) in [7, 11) is -0.672. The first kappa shape index (κ1) is 114. The molecule has 0 bridgehead atoms. The maximum atomic E-state index is 14.9. The van der Waals surface area contributed by atoms with E-state index in [1.165, 1.54) is 28.8 Å². The minimum Gasteiger partial charge on any atom is -0.481 e. The Morgan fingerprint density at radius 2 is 1.06 bits per heavy atom. The van der Waals surface area contributed by atoms with Gasteiger partial charge in [0.25, 0.3) is 16.0 Å². The number of aliphatic hydroxyl groups excluding tert-OH is 1. The van der Waals surface area contributed by atoms with Crippen LogP contribution in [0.3, 0.4) is 0 Å². The Labute approximate surface area is 822 Å². The van der Waals surface area contributed by atoms with Gasteiger partial charge >= 0.3 is 5.97 Å². The summed E-state index contributed by atoms with van der Waals surface area (Å²) in [4.78, 5) is 211. The second kappa shape index (κ2) is 59.8. The fourth-order valence-electron chi connectivity index (χ4n) is 15.2. The number of carboxylic acids is 1. The number of fused-ring (bicyclic) bond motifs is 1. The van der Waals surface area contributed by atoms with Crippen molar-refractivity contribution in [3.05, 3.63) is 162 Å². The van der Waals surface area contributed by atoms with Crippen molar-refractivity contribution >= 4 is 162 Å². The van der Waals surface area contributed by atoms with Gasteiger partial charge in [-0.2, -0.15) is 30.4 Å². The molecular weight excluding hydrogens is 1870 g/mol. The standard InChI is InChI=1S/C95H132N22O20S3/c1-59(2)52-65(105-90(130)74(53-60-20-8-6-9-21-60)112-89(129)73(43-51-138-5)111-87(127)71(28-16-47-104-95(98)99)110-88(128)72(41-42-84(123)124)106-80(119)31-17-45-102-86(126)62-33-35-63(36-34-62)114-115-64-37-39-66(40-38-64)116(3)4)55-82(121)107-76(56-118)91(131)113-75(54-61-22-10-7-11-23-61)94(134)117-50-19-29-78(117)93(133)103-46-18-32-81(120)108-77(92(132)109-70(85(97)125)26-12-13-44-96)57-139-58-83(122)101-49-48-100-69-27-14-25-68-67(69)24-15-30-79(68)140(135,136)137/h6-11,14-15,20-25,27,30,33-40,59,65,70-78,100,118H,12-13,16-19,26,28-29,31-32,41-58,96H2,1-5H3,(H2,97,125)(H,101,122)(H,102,126)(H,103,133)(H,105,130)(H,106,119)(H,107,121)(H,108,120)(H,109,132)(H,110,128)(H,111,127)(H,112,129)(H,113,131)(H,123,124)(H4,98,99,104)(H,135,136,137)/t65-,70-,71-,72-,73-,74-,75-,76-,77-,78-/m0/s1. The maximum absolute atomic E-state index is 14.9. The predicted octanol–water partition coefficient (Wildman–Crippen LogP) is 2.70. The number of carbonyl (C=O) groups is 15. The molecule has 1 fully saturated rings. The van der Waals surface area contributed by atoms with Crippen LogP contribution in [-0.2, 0) is 90.1 Å². The summed E-state index contributed by atoms with van der Waals surface area (Å²) in [6, 6.07) is 27.1. The topological polar surface area (TPSA) is 652 Å². The van der Waals surface area contributed by atoms with Crippen molar-refractivity contribution < 1.29 is 95.1 Å². The largest absolute Gasteiger partial charge is 0.481 e. The molecule has 0 radical (unpaired) electrons. The van der Waals surface area contributed by atoms with Gasteiger partial charge in [-0.25, -0.2) is 0 Å². The summed E-state index contributed by atoms with van der Waals surface area (Å²) < 4.78 is 33.8. The third kappa shape index (κ3) is 40.2. The van der Waals surface area contributed by atoms with Crippen LogP contribution in [0.1, 0.15) is 138 Å². The molecule has 0 aromatic heterocycles. The molecule has 0 spiro atoms. The molecule has 10 atom stereocenters. The number of benzene rings is 6. The van der Waals surface area contributed by atoms with Crippen LogP contribution in [0.5, 0.6) is 0 Å². The van der Waals surface area contributed by atoms with E-state index in [1.807, 2.05) is 57.1 Å². The number of aliphatic carboxylic acids is 1. The maximum Gasteiger partial charge on any atom is 0.303 e. The average molecular weight is 2000 g/mol. The molecule has 1 saturated heterocycles. The number of likely N-dealkylation sites (tertiary alicyclic amines) is 1. The molecule has 24 N–H and O–H groups in total. The van der Waals surface area contributed by atoms with Gasteiger partial charge in [-0.15, -0.1) is 11.8 Å². The zero-order chi connectivity index (χ0) is 102. The highest BCUT2D eigenvalue weighted by atomic mass is 32.2. The van der Waals surface area contributed by atoms with Gasteiger partial charge in [0, 0.05) is 131 Å². The Morgan fingerprint density at radius 3 is 1.64 bits per heavy atom. The van der Waals surface area contributed by atoms with Gasteiger partial charge in [0.2, 0.25) is 76.8 Å². The minimum atomic E-state index is -4.52. The quantitative estimate of drug-likeness (QED) is 0.00858. The van der Waals surface area contributed by atoms with E-state index in [-0.39, 0.29) is 156 Å². The molecule has 1 aliphatic heterocycles. The van der Waals surface area contributed by atoms with E-state index >= 15 is 0 Å². The predicted molar refractivity (Wildman–Crippen MR) is 532 cm³/mol. The smallest absolute Gasteiger partial charge is 0.303 e. The Balaban J connectivity index is 0.952. The van der Waals surface area contributed by atoms with Crippen LogP contribution in [-0.4, -0.2) is 273 Å². The average Bonchev–Trinajstić information content (AvgIpc) is 0.880. The van der Waals surface area contributed by atoms with Gasteiger partial charge < -0.3 is 112 Å². The SMILES string of the molecule is CSCC[C@H](NC(=O)[C@H](CCCNC(=N)N)NC(=O)[C@H](CCC(=O)O)NC(=O)CCCNC(=O)c1ccc(N=Nc2ccc(N(C)C)cc2)cc1)C(=O)N[C@@H](Cc1ccccc1)C(=O)N[C@H](CC(=O)N[C@@H](CO)C(=O)N[C@@H](Cc1ccccc1)C(=O)N1CCC[C@H]1C(=O)NCCCC(=O)N[C@@H](CSCC(=O)NCCNc1cccc2c(S(=O)(=O)O)cccc12)C(=O)N[C@@H](CCCCN)C(N)=O)CC(C)C. The number of amides is 14. The number of unbranched alkanes of at least 4 members (excludes halogenated alkanes) is 1. The molecule has 0 saturated carbocycles. The number of azo groups is 1. The van der Waals surface area contributed by atoms with E-state index in [1.54, 1.807) is 115 Å². The second-order valence-corrected chi connectivity index (χ2v) is 37.6. The molecule has 140 heavy (non-hydrogen) atoms. The summed E-state index contributed by atoms with van der Waals surface area (Å²) in [6.07, 6.45) is 1.57. The molecule has 7 rings (SSSR count). The van der Waals surface area contributed by atoms with Crippen LogP contribution in [0.15, 0.2) is 161 Å². The van der Waals surface area contributed by atoms with Crippen molar-refractivity contribution in [1.29, 1.82) is 5.41 Å². The van der Waals surface area contributed by atoms with E-state index in [0.29, 0.717) is 64.9 Å². The van der Waals surface area contributed by atoms with Crippen molar-refractivity contribution in [1.82, 2.24) is 74.0 Å². The zero-order valence-electron chi connectivity index (χ0n) is 79.2. The number of carbonyl (C=O) groups excluding carboxylic acids is 14. The lowest BCUT2D eigenvalue weighted by molar-refractivity contribution is -0.142. The van der Waals surface area contributed by atoms with Crippen LogP contribution in [0.2, 0.25) is 0 Å². The van der Waals surface area contributed by atoms with Crippen molar-refractivity contribution in [2.75, 3.05) is 100 Å².